The number of anilines is 1. The summed E-state index contributed by atoms with van der Waals surface area (Å²) in [4.78, 5) is 31.7. The van der Waals surface area contributed by atoms with E-state index < -0.39 is 0 Å². The molecule has 0 spiro atoms. The van der Waals surface area contributed by atoms with Crippen molar-refractivity contribution in [3.05, 3.63) is 62.6 Å². The molecule has 0 saturated heterocycles. The number of nitrogens with one attached hydrogen (secondary N) is 1. The molecule has 4 aromatic rings. The predicted molar refractivity (Wildman–Crippen MR) is 123 cm³/mol. The summed E-state index contributed by atoms with van der Waals surface area (Å²) >= 11 is 4.33. The van der Waals surface area contributed by atoms with Gasteiger partial charge in [0, 0.05) is 28.6 Å². The summed E-state index contributed by atoms with van der Waals surface area (Å²) in [5.41, 5.74) is 3.82. The Hall–Kier alpha value is -2.42. The van der Waals surface area contributed by atoms with Gasteiger partial charge in [0.1, 0.15) is 4.83 Å². The number of carbonyl (C=O) groups is 1. The number of nitrogens with zero attached hydrogens (tertiary/aromatic N) is 2. The molecule has 8 heteroatoms. The van der Waals surface area contributed by atoms with E-state index >= 15 is 0 Å². The zero-order chi connectivity index (χ0) is 20.5. The zero-order valence-electron chi connectivity index (χ0n) is 16.2. The molecular weight excluding hydrogens is 422 g/mol. The summed E-state index contributed by atoms with van der Waals surface area (Å²) in [5.74, 6) is 0.0573. The van der Waals surface area contributed by atoms with E-state index in [-0.39, 0.29) is 17.2 Å². The smallest absolute Gasteiger partial charge is 0.263 e. The van der Waals surface area contributed by atoms with Gasteiger partial charge >= 0.3 is 0 Å². The fourth-order valence-electron chi connectivity index (χ4n) is 3.17. The van der Waals surface area contributed by atoms with Gasteiger partial charge in [-0.1, -0.05) is 23.9 Å². The first kappa shape index (κ1) is 19.9. The second kappa shape index (κ2) is 8.14. The predicted octanol–water partition coefficient (Wildman–Crippen LogP) is 5.07. The molecule has 0 atom stereocenters. The monoisotopic (exact) mass is 441 g/mol. The van der Waals surface area contributed by atoms with Crippen molar-refractivity contribution in [1.29, 1.82) is 0 Å². The van der Waals surface area contributed by atoms with Crippen LogP contribution in [0.2, 0.25) is 0 Å². The zero-order valence-corrected chi connectivity index (χ0v) is 18.6. The molecule has 3 aromatic heterocycles. The Balaban J connectivity index is 1.55. The first-order valence-electron chi connectivity index (χ1n) is 8.95. The highest BCUT2D eigenvalue weighted by Gasteiger charge is 2.17. The first-order valence-corrected chi connectivity index (χ1v) is 11.7. The van der Waals surface area contributed by atoms with Crippen molar-refractivity contribution >= 4 is 56.2 Å². The molecule has 0 bridgehead atoms. The minimum absolute atomic E-state index is 0.0862. The summed E-state index contributed by atoms with van der Waals surface area (Å²) in [5, 5.41) is 8.07. The highest BCUT2D eigenvalue weighted by Crippen LogP contribution is 2.34. The average Bonchev–Trinajstić information content (AvgIpc) is 3.32. The Morgan fingerprint density at radius 2 is 1.97 bits per heavy atom. The van der Waals surface area contributed by atoms with Crippen LogP contribution < -0.4 is 10.9 Å². The molecule has 1 aromatic carbocycles. The highest BCUT2D eigenvalue weighted by molar-refractivity contribution is 7.99. The van der Waals surface area contributed by atoms with Gasteiger partial charge in [-0.05, 0) is 48.6 Å². The summed E-state index contributed by atoms with van der Waals surface area (Å²) in [6.45, 7) is 4.00. The summed E-state index contributed by atoms with van der Waals surface area (Å²) in [6, 6.07) is 9.91. The molecule has 5 nitrogen and oxygen atoms in total. The van der Waals surface area contributed by atoms with Crippen molar-refractivity contribution in [3.63, 3.8) is 0 Å². The van der Waals surface area contributed by atoms with Crippen LogP contribution in [0, 0.1) is 13.8 Å². The van der Waals surface area contributed by atoms with Gasteiger partial charge in [-0.3, -0.25) is 14.2 Å². The second-order valence-corrected chi connectivity index (χ2v) is 9.53. The van der Waals surface area contributed by atoms with E-state index in [0.717, 1.165) is 27.3 Å². The van der Waals surface area contributed by atoms with E-state index in [0.29, 0.717) is 15.4 Å². The largest absolute Gasteiger partial charge is 0.325 e. The molecule has 0 saturated carbocycles. The fraction of sp³-hybridized carbons (Fsp3) is 0.190. The minimum atomic E-state index is -0.125. The normalized spacial score (nSPS) is 11.1. The Morgan fingerprint density at radius 1 is 1.21 bits per heavy atom. The number of rotatable bonds is 5. The maximum absolute atomic E-state index is 13.0. The lowest BCUT2D eigenvalue weighted by Gasteiger charge is -2.09. The van der Waals surface area contributed by atoms with Gasteiger partial charge in [0.05, 0.1) is 11.1 Å². The topological polar surface area (TPSA) is 64.0 Å². The molecule has 0 unspecified atom stereocenters. The molecule has 3 heterocycles. The van der Waals surface area contributed by atoms with Crippen LogP contribution in [0.1, 0.15) is 11.1 Å². The number of carbonyl (C=O) groups excluding carboxylic acids is 1. The number of benzene rings is 1. The Labute approximate surface area is 180 Å². The van der Waals surface area contributed by atoms with Crippen LogP contribution in [0.25, 0.3) is 20.7 Å². The highest BCUT2D eigenvalue weighted by atomic mass is 32.2. The molecule has 4 rings (SSSR count). The van der Waals surface area contributed by atoms with Crippen LogP contribution in [-0.4, -0.2) is 21.2 Å². The number of hydrogen-bond acceptors (Lipinski definition) is 6. The van der Waals surface area contributed by atoms with Crippen molar-refractivity contribution in [2.45, 2.75) is 19.0 Å². The van der Waals surface area contributed by atoms with Crippen LogP contribution in [0.3, 0.4) is 0 Å². The third-order valence-electron chi connectivity index (χ3n) is 4.40. The quantitative estimate of drug-likeness (QED) is 0.347. The molecule has 0 aliphatic heterocycles. The second-order valence-electron chi connectivity index (χ2n) is 6.78. The summed E-state index contributed by atoms with van der Waals surface area (Å²) in [6.07, 6.45) is 0. The lowest BCUT2D eigenvalue weighted by molar-refractivity contribution is -0.113. The molecule has 0 aliphatic carbocycles. The van der Waals surface area contributed by atoms with Crippen LogP contribution in [0.15, 0.2) is 51.0 Å². The fourth-order valence-corrected chi connectivity index (χ4v) is 5.74. The molecule has 29 heavy (non-hydrogen) atoms. The number of aromatic nitrogens is 2. The number of aryl methyl sites for hydroxylation is 2. The Bertz CT molecular complexity index is 1240. The van der Waals surface area contributed by atoms with Crippen LogP contribution >= 0.6 is 34.4 Å². The van der Waals surface area contributed by atoms with E-state index in [9.17, 15) is 9.59 Å². The van der Waals surface area contributed by atoms with Gasteiger partial charge in [0.2, 0.25) is 5.91 Å². The lowest BCUT2D eigenvalue weighted by atomic mass is 10.1. The molecule has 1 amide bonds. The van der Waals surface area contributed by atoms with Gasteiger partial charge in [-0.15, -0.1) is 22.7 Å². The molecular formula is C21H19N3O2S3. The number of fused-ring (bicyclic) bond motifs is 1. The third kappa shape index (κ3) is 4.14. The third-order valence-corrected chi connectivity index (χ3v) is 7.20. The molecule has 0 aliphatic rings. The van der Waals surface area contributed by atoms with E-state index in [1.807, 2.05) is 48.9 Å². The van der Waals surface area contributed by atoms with Gasteiger partial charge in [-0.2, -0.15) is 0 Å². The van der Waals surface area contributed by atoms with Crippen LogP contribution in [0.4, 0.5) is 5.69 Å². The number of hydrogen-bond donors (Lipinski definition) is 1. The van der Waals surface area contributed by atoms with Crippen molar-refractivity contribution in [3.8, 4) is 10.4 Å². The lowest BCUT2D eigenvalue weighted by Crippen LogP contribution is -2.21. The molecule has 148 valence electrons. The van der Waals surface area contributed by atoms with Gasteiger partial charge < -0.3 is 5.32 Å². The van der Waals surface area contributed by atoms with Crippen molar-refractivity contribution < 1.29 is 4.79 Å². The Kier molecular flexibility index (Phi) is 5.58. The van der Waals surface area contributed by atoms with E-state index in [1.54, 1.807) is 18.4 Å². The number of thioether (sulfide) groups is 1. The van der Waals surface area contributed by atoms with E-state index in [2.05, 4.69) is 16.4 Å². The SMILES string of the molecule is Cc1cc(C)cc(NC(=O)CSc2nc3scc(-c4cccs4)c3c(=O)n2C)c1. The van der Waals surface area contributed by atoms with Crippen molar-refractivity contribution in [2.75, 3.05) is 11.1 Å². The van der Waals surface area contributed by atoms with Gasteiger partial charge in [0.25, 0.3) is 5.56 Å². The number of amides is 1. The van der Waals surface area contributed by atoms with E-state index in [1.165, 1.54) is 27.7 Å². The first-order chi connectivity index (χ1) is 13.9. The maximum Gasteiger partial charge on any atom is 0.263 e. The average molecular weight is 442 g/mol. The van der Waals surface area contributed by atoms with Crippen LogP contribution in [0.5, 0.6) is 0 Å². The van der Waals surface area contributed by atoms with Crippen molar-refractivity contribution in [2.24, 2.45) is 7.05 Å². The Morgan fingerprint density at radius 3 is 2.66 bits per heavy atom. The standard InChI is InChI=1S/C21H19N3O2S3/c1-12-7-13(2)9-14(8-12)22-17(25)11-29-21-23-19-18(20(26)24(21)3)15(10-28-19)16-5-4-6-27-16/h4-10H,11H2,1-3H3,(H,22,25). The van der Waals surface area contributed by atoms with E-state index in [4.69, 9.17) is 0 Å². The number of thiophene rings is 2. The van der Waals surface area contributed by atoms with Gasteiger partial charge in [-0.25, -0.2) is 4.98 Å². The molecule has 1 N–H and O–H groups in total. The maximum atomic E-state index is 13.0. The minimum Gasteiger partial charge on any atom is -0.325 e. The summed E-state index contributed by atoms with van der Waals surface area (Å²) in [7, 11) is 1.70. The molecule has 0 fully saturated rings. The van der Waals surface area contributed by atoms with Crippen molar-refractivity contribution in [1.82, 2.24) is 9.55 Å². The molecule has 0 radical (unpaired) electrons. The summed E-state index contributed by atoms with van der Waals surface area (Å²) < 4.78 is 1.53. The van der Waals surface area contributed by atoms with Gasteiger partial charge in [0.15, 0.2) is 5.16 Å². The van der Waals surface area contributed by atoms with Crippen LogP contribution in [-0.2, 0) is 11.8 Å².